The maximum atomic E-state index is 14.1. The monoisotopic (exact) mass is 567 g/mol. The molecule has 0 spiro atoms. The van der Waals surface area contributed by atoms with Gasteiger partial charge in [0.15, 0.2) is 17.3 Å². The lowest BCUT2D eigenvalue weighted by atomic mass is 9.97. The van der Waals surface area contributed by atoms with Crippen LogP contribution in [0, 0.1) is 6.92 Å². The normalized spacial score (nSPS) is 15.7. The van der Waals surface area contributed by atoms with Crippen LogP contribution in [0.15, 0.2) is 66.7 Å². The molecule has 1 atom stereocenters. The minimum Gasteiger partial charge on any atom is -0.466 e. The number of fused-ring (bicyclic) bond motifs is 2. The number of carbonyl (C=O) groups is 2. The SMILES string of the molecule is CCCCC1(c2ccc(CCC)cc2)Oc2ccc(C(=O)c3c(C)n(CCCC(=O)OCC)c4ccccc34)cc2O1. The van der Waals surface area contributed by atoms with Gasteiger partial charge in [0.1, 0.15) is 0 Å². The second-order valence-corrected chi connectivity index (χ2v) is 11.0. The number of esters is 1. The third-order valence-corrected chi connectivity index (χ3v) is 8.07. The van der Waals surface area contributed by atoms with E-state index in [0.717, 1.165) is 47.8 Å². The highest BCUT2D eigenvalue weighted by Crippen LogP contribution is 2.47. The molecule has 6 heteroatoms. The predicted molar refractivity (Wildman–Crippen MR) is 165 cm³/mol. The molecule has 0 fully saturated rings. The van der Waals surface area contributed by atoms with Crippen molar-refractivity contribution in [3.8, 4) is 11.5 Å². The van der Waals surface area contributed by atoms with E-state index in [1.54, 1.807) is 0 Å². The molecule has 1 aromatic heterocycles. The van der Waals surface area contributed by atoms with Gasteiger partial charge in [0.05, 0.1) is 12.2 Å². The molecule has 4 aromatic rings. The van der Waals surface area contributed by atoms with Gasteiger partial charge in [-0.05, 0) is 62.9 Å². The second kappa shape index (κ2) is 12.8. The van der Waals surface area contributed by atoms with Crippen molar-refractivity contribution in [2.45, 2.75) is 85.0 Å². The lowest BCUT2D eigenvalue weighted by molar-refractivity contribution is -0.143. The van der Waals surface area contributed by atoms with Crippen molar-refractivity contribution in [1.82, 2.24) is 4.57 Å². The number of hydrogen-bond acceptors (Lipinski definition) is 5. The fraction of sp³-hybridized carbons (Fsp3) is 0.389. The smallest absolute Gasteiger partial charge is 0.305 e. The third-order valence-electron chi connectivity index (χ3n) is 8.07. The summed E-state index contributed by atoms with van der Waals surface area (Å²) >= 11 is 0. The number of carbonyl (C=O) groups excluding carboxylic acids is 2. The van der Waals surface area contributed by atoms with E-state index in [-0.39, 0.29) is 11.8 Å². The molecule has 220 valence electrons. The number of rotatable bonds is 13. The summed E-state index contributed by atoms with van der Waals surface area (Å²) < 4.78 is 20.4. The molecule has 6 nitrogen and oxygen atoms in total. The minimum absolute atomic E-state index is 0.0609. The first-order valence-electron chi connectivity index (χ1n) is 15.3. The van der Waals surface area contributed by atoms with Crippen molar-refractivity contribution in [3.63, 3.8) is 0 Å². The lowest BCUT2D eigenvalue weighted by Crippen LogP contribution is -2.35. The van der Waals surface area contributed by atoms with Crippen molar-refractivity contribution < 1.29 is 23.8 Å². The van der Waals surface area contributed by atoms with Crippen molar-refractivity contribution in [2.24, 2.45) is 0 Å². The fourth-order valence-corrected chi connectivity index (χ4v) is 5.94. The number of ketones is 1. The summed E-state index contributed by atoms with van der Waals surface area (Å²) in [6, 6.07) is 22.0. The summed E-state index contributed by atoms with van der Waals surface area (Å²) in [5.74, 6) is 0.0727. The molecule has 0 amide bonds. The van der Waals surface area contributed by atoms with E-state index in [4.69, 9.17) is 14.2 Å². The molecule has 3 aromatic carbocycles. The van der Waals surface area contributed by atoms with E-state index >= 15 is 0 Å². The Morgan fingerprint density at radius 1 is 0.881 bits per heavy atom. The van der Waals surface area contributed by atoms with Crippen molar-refractivity contribution in [3.05, 3.63) is 94.7 Å². The van der Waals surface area contributed by atoms with Gasteiger partial charge in [-0.15, -0.1) is 0 Å². The molecule has 1 aliphatic rings. The van der Waals surface area contributed by atoms with Gasteiger partial charge in [-0.25, -0.2) is 0 Å². The number of benzene rings is 3. The van der Waals surface area contributed by atoms with E-state index in [1.165, 1.54) is 5.56 Å². The quantitative estimate of drug-likeness (QED) is 0.120. The van der Waals surface area contributed by atoms with Crippen LogP contribution < -0.4 is 9.47 Å². The summed E-state index contributed by atoms with van der Waals surface area (Å²) in [6.45, 7) is 9.13. The van der Waals surface area contributed by atoms with Crippen molar-refractivity contribution >= 4 is 22.7 Å². The molecule has 0 saturated carbocycles. The number of para-hydroxylation sites is 1. The Kier molecular flexibility index (Phi) is 9.00. The number of unbranched alkanes of at least 4 members (excludes halogenated alkanes) is 1. The standard InChI is InChI=1S/C36H41NO5/c1-5-8-22-36(28-19-16-26(12-6-2)17-20-28)41-31-21-18-27(24-32(31)42-36)35(39)34-25(4)37(23-11-15-33(38)40-7-3)30-14-10-9-13-29(30)34/h9-10,13-14,16-21,24H,5-8,11-12,15,22-23H2,1-4H3. The van der Waals surface area contributed by atoms with Crippen LogP contribution in [0.4, 0.5) is 0 Å². The fourth-order valence-electron chi connectivity index (χ4n) is 5.94. The number of aromatic nitrogens is 1. The van der Waals surface area contributed by atoms with Crippen LogP contribution in [0.25, 0.3) is 10.9 Å². The Hall–Kier alpha value is -4.06. The zero-order valence-electron chi connectivity index (χ0n) is 25.2. The zero-order valence-corrected chi connectivity index (χ0v) is 25.2. The molecule has 0 saturated heterocycles. The van der Waals surface area contributed by atoms with Crippen molar-refractivity contribution in [1.29, 1.82) is 0 Å². The Morgan fingerprint density at radius 3 is 2.38 bits per heavy atom. The molecule has 1 unspecified atom stereocenters. The molecule has 5 rings (SSSR count). The van der Waals surface area contributed by atoms with E-state index in [1.807, 2.05) is 56.3 Å². The van der Waals surface area contributed by atoms with Crippen LogP contribution in [0.5, 0.6) is 11.5 Å². The third kappa shape index (κ3) is 5.80. The molecule has 0 bridgehead atoms. The lowest BCUT2D eigenvalue weighted by Gasteiger charge is -2.28. The molecular weight excluding hydrogens is 526 g/mol. The molecule has 0 radical (unpaired) electrons. The Labute approximate surface area is 248 Å². The van der Waals surface area contributed by atoms with Gasteiger partial charge in [-0.1, -0.05) is 69.2 Å². The second-order valence-electron chi connectivity index (χ2n) is 11.0. The van der Waals surface area contributed by atoms with Crippen LogP contribution in [0.2, 0.25) is 0 Å². The minimum atomic E-state index is -0.907. The molecule has 1 aliphatic heterocycles. The highest BCUT2D eigenvalue weighted by Gasteiger charge is 2.43. The first-order valence-corrected chi connectivity index (χ1v) is 15.3. The average molecular weight is 568 g/mol. The van der Waals surface area contributed by atoms with Gasteiger partial charge in [0, 0.05) is 47.1 Å². The number of nitrogens with zero attached hydrogens (tertiary/aromatic N) is 1. The van der Waals surface area contributed by atoms with Gasteiger partial charge in [-0.3, -0.25) is 9.59 Å². The Balaban J connectivity index is 1.44. The van der Waals surface area contributed by atoms with Gasteiger partial charge < -0.3 is 18.8 Å². The van der Waals surface area contributed by atoms with Crippen LogP contribution in [-0.2, 0) is 28.3 Å². The van der Waals surface area contributed by atoms with E-state index < -0.39 is 5.79 Å². The van der Waals surface area contributed by atoms with Gasteiger partial charge >= 0.3 is 5.97 Å². The first kappa shape index (κ1) is 29.4. The zero-order chi connectivity index (χ0) is 29.7. The Morgan fingerprint density at radius 2 is 1.64 bits per heavy atom. The molecule has 0 N–H and O–H groups in total. The largest absolute Gasteiger partial charge is 0.466 e. The van der Waals surface area contributed by atoms with Crippen LogP contribution >= 0.6 is 0 Å². The summed E-state index contributed by atoms with van der Waals surface area (Å²) in [4.78, 5) is 26.0. The molecule has 42 heavy (non-hydrogen) atoms. The summed E-state index contributed by atoms with van der Waals surface area (Å²) in [5.41, 5.74) is 5.37. The van der Waals surface area contributed by atoms with Crippen LogP contribution in [0.1, 0.15) is 92.0 Å². The Bertz CT molecular complexity index is 1570. The van der Waals surface area contributed by atoms with Gasteiger partial charge in [0.2, 0.25) is 0 Å². The molecular formula is C36H41NO5. The number of ether oxygens (including phenoxy) is 3. The topological polar surface area (TPSA) is 66.8 Å². The summed E-state index contributed by atoms with van der Waals surface area (Å²) in [5, 5.41) is 0.901. The maximum absolute atomic E-state index is 14.1. The average Bonchev–Trinajstić information content (AvgIpc) is 3.51. The highest BCUT2D eigenvalue weighted by atomic mass is 16.7. The van der Waals surface area contributed by atoms with Gasteiger partial charge in [-0.2, -0.15) is 0 Å². The van der Waals surface area contributed by atoms with Crippen molar-refractivity contribution in [2.75, 3.05) is 6.61 Å². The summed E-state index contributed by atoms with van der Waals surface area (Å²) in [7, 11) is 0. The maximum Gasteiger partial charge on any atom is 0.305 e. The van der Waals surface area contributed by atoms with Crippen LogP contribution in [-0.4, -0.2) is 22.9 Å². The van der Waals surface area contributed by atoms with E-state index in [0.29, 0.717) is 55.0 Å². The van der Waals surface area contributed by atoms with E-state index in [2.05, 4.69) is 42.7 Å². The first-order chi connectivity index (χ1) is 20.4. The summed E-state index contributed by atoms with van der Waals surface area (Å²) in [6.07, 6.45) is 5.80. The van der Waals surface area contributed by atoms with E-state index in [9.17, 15) is 9.59 Å². The molecule has 2 heterocycles. The number of aryl methyl sites for hydroxylation is 2. The van der Waals surface area contributed by atoms with Crippen LogP contribution in [0.3, 0.4) is 0 Å². The van der Waals surface area contributed by atoms with Gasteiger partial charge in [0.25, 0.3) is 5.79 Å². The number of hydrogen-bond donors (Lipinski definition) is 0. The highest BCUT2D eigenvalue weighted by molar-refractivity contribution is 6.17. The molecule has 0 aliphatic carbocycles. The predicted octanol–water partition coefficient (Wildman–Crippen LogP) is 8.29.